The molecule has 0 aliphatic heterocycles. The van der Waals surface area contributed by atoms with E-state index in [1.165, 1.54) is 22.3 Å². The van der Waals surface area contributed by atoms with Crippen molar-refractivity contribution in [2.45, 2.75) is 26.4 Å². The van der Waals surface area contributed by atoms with Crippen molar-refractivity contribution in [2.75, 3.05) is 13.6 Å². The summed E-state index contributed by atoms with van der Waals surface area (Å²) in [4.78, 5) is 2.32. The van der Waals surface area contributed by atoms with Crippen molar-refractivity contribution in [1.29, 1.82) is 0 Å². The van der Waals surface area contributed by atoms with Gasteiger partial charge in [-0.15, -0.1) is 0 Å². The second-order valence-corrected chi connectivity index (χ2v) is 6.46. The van der Waals surface area contributed by atoms with Gasteiger partial charge < -0.3 is 5.73 Å². The minimum Gasteiger partial charge on any atom is -0.329 e. The lowest BCUT2D eigenvalue weighted by Gasteiger charge is -2.28. The van der Waals surface area contributed by atoms with Gasteiger partial charge in [-0.3, -0.25) is 4.90 Å². The highest BCUT2D eigenvalue weighted by Gasteiger charge is 2.16. The second-order valence-electron chi connectivity index (χ2n) is 5.60. The van der Waals surface area contributed by atoms with Crippen LogP contribution in [-0.4, -0.2) is 18.5 Å². The molecular formula is C18H23BrN2. The molecule has 2 aromatic carbocycles. The molecule has 2 rings (SSSR count). The Balaban J connectivity index is 2.20. The Morgan fingerprint density at radius 2 is 1.81 bits per heavy atom. The fourth-order valence-corrected chi connectivity index (χ4v) is 2.86. The number of nitrogens with two attached hydrogens (primary N) is 1. The molecule has 0 aliphatic rings. The van der Waals surface area contributed by atoms with Gasteiger partial charge in [0.2, 0.25) is 0 Å². The van der Waals surface area contributed by atoms with E-state index in [9.17, 15) is 0 Å². The van der Waals surface area contributed by atoms with Crippen molar-refractivity contribution in [2.24, 2.45) is 5.73 Å². The third kappa shape index (κ3) is 3.94. The monoisotopic (exact) mass is 346 g/mol. The number of rotatable bonds is 5. The number of hydrogen-bond acceptors (Lipinski definition) is 2. The predicted octanol–water partition coefficient (Wildman–Crippen LogP) is 4.20. The molecule has 0 radical (unpaired) electrons. The van der Waals surface area contributed by atoms with Gasteiger partial charge in [-0.2, -0.15) is 0 Å². The molecular weight excluding hydrogens is 324 g/mol. The first-order valence-electron chi connectivity index (χ1n) is 7.23. The largest absolute Gasteiger partial charge is 0.329 e. The molecule has 0 fully saturated rings. The smallest absolute Gasteiger partial charge is 0.0471 e. The van der Waals surface area contributed by atoms with Crippen LogP contribution in [0.1, 0.15) is 28.3 Å². The Kier molecular flexibility index (Phi) is 5.57. The lowest BCUT2D eigenvalue weighted by Crippen LogP contribution is -2.30. The Morgan fingerprint density at radius 3 is 2.43 bits per heavy atom. The molecule has 3 heteroatoms. The zero-order valence-electron chi connectivity index (χ0n) is 12.9. The third-order valence-corrected chi connectivity index (χ3v) is 4.89. The average Bonchev–Trinajstić information content (AvgIpc) is 2.46. The minimum atomic E-state index is 0.233. The van der Waals surface area contributed by atoms with Crippen LogP contribution >= 0.6 is 15.9 Å². The van der Waals surface area contributed by atoms with Gasteiger partial charge in [0.05, 0.1) is 0 Å². The zero-order valence-corrected chi connectivity index (χ0v) is 14.5. The molecule has 0 spiro atoms. The number of halogens is 1. The Labute approximate surface area is 136 Å². The molecule has 0 aromatic heterocycles. The first-order valence-corrected chi connectivity index (χ1v) is 8.03. The van der Waals surface area contributed by atoms with Crippen LogP contribution in [0.15, 0.2) is 46.9 Å². The highest BCUT2D eigenvalue weighted by molar-refractivity contribution is 9.10. The normalized spacial score (nSPS) is 12.7. The molecule has 2 aromatic rings. The highest BCUT2D eigenvalue weighted by atomic mass is 79.9. The number of hydrogen-bond donors (Lipinski definition) is 1. The van der Waals surface area contributed by atoms with Crippen molar-refractivity contribution in [3.63, 3.8) is 0 Å². The summed E-state index contributed by atoms with van der Waals surface area (Å²) in [6.07, 6.45) is 0. The van der Waals surface area contributed by atoms with E-state index in [1.807, 2.05) is 0 Å². The predicted molar refractivity (Wildman–Crippen MR) is 93.3 cm³/mol. The molecule has 112 valence electrons. The third-order valence-electron chi connectivity index (χ3n) is 4.00. The summed E-state index contributed by atoms with van der Waals surface area (Å²) in [5.74, 6) is 0. The van der Waals surface area contributed by atoms with Crippen molar-refractivity contribution < 1.29 is 0 Å². The second kappa shape index (κ2) is 7.21. The SMILES string of the molecule is Cc1cc(C(CN)N(C)Cc2ccccc2C)ccc1Br. The van der Waals surface area contributed by atoms with Gasteiger partial charge in [-0.1, -0.05) is 52.3 Å². The van der Waals surface area contributed by atoms with E-state index in [0.717, 1.165) is 11.0 Å². The summed E-state index contributed by atoms with van der Waals surface area (Å²) in [6.45, 7) is 5.79. The van der Waals surface area contributed by atoms with Crippen molar-refractivity contribution in [3.05, 3.63) is 69.2 Å². The molecule has 0 saturated carbocycles. The average molecular weight is 347 g/mol. The van der Waals surface area contributed by atoms with Crippen LogP contribution in [0.25, 0.3) is 0 Å². The van der Waals surface area contributed by atoms with Crippen LogP contribution in [0.3, 0.4) is 0 Å². The summed E-state index contributed by atoms with van der Waals surface area (Å²) < 4.78 is 1.14. The fraction of sp³-hybridized carbons (Fsp3) is 0.333. The van der Waals surface area contributed by atoms with Gasteiger partial charge in [-0.25, -0.2) is 0 Å². The van der Waals surface area contributed by atoms with Crippen LogP contribution in [0, 0.1) is 13.8 Å². The van der Waals surface area contributed by atoms with Gasteiger partial charge in [0, 0.05) is 23.6 Å². The Hall–Kier alpha value is -1.16. The van der Waals surface area contributed by atoms with Gasteiger partial charge >= 0.3 is 0 Å². The maximum absolute atomic E-state index is 6.03. The number of likely N-dealkylation sites (N-methyl/N-ethyl adjacent to an activating group) is 1. The maximum atomic E-state index is 6.03. The van der Waals surface area contributed by atoms with E-state index in [1.54, 1.807) is 0 Å². The summed E-state index contributed by atoms with van der Waals surface area (Å²) in [6, 6.07) is 15.2. The molecule has 1 atom stereocenters. The topological polar surface area (TPSA) is 29.3 Å². The summed E-state index contributed by atoms with van der Waals surface area (Å²) in [7, 11) is 2.14. The lowest BCUT2D eigenvalue weighted by atomic mass is 10.0. The highest BCUT2D eigenvalue weighted by Crippen LogP contribution is 2.25. The molecule has 2 nitrogen and oxygen atoms in total. The molecule has 0 saturated heterocycles. The first-order chi connectivity index (χ1) is 10.0. The zero-order chi connectivity index (χ0) is 15.4. The van der Waals surface area contributed by atoms with E-state index in [-0.39, 0.29) is 6.04 Å². The van der Waals surface area contributed by atoms with Crippen LogP contribution in [0.4, 0.5) is 0 Å². The molecule has 0 aliphatic carbocycles. The molecule has 2 N–H and O–H groups in total. The number of aryl methyl sites for hydroxylation is 2. The van der Waals surface area contributed by atoms with E-state index in [2.05, 4.69) is 84.2 Å². The van der Waals surface area contributed by atoms with E-state index >= 15 is 0 Å². The Morgan fingerprint density at radius 1 is 1.10 bits per heavy atom. The summed E-state index contributed by atoms with van der Waals surface area (Å²) in [5, 5.41) is 0. The molecule has 1 unspecified atom stereocenters. The molecule has 0 amide bonds. The Bertz CT molecular complexity index is 610. The lowest BCUT2D eigenvalue weighted by molar-refractivity contribution is 0.241. The fourth-order valence-electron chi connectivity index (χ4n) is 2.61. The number of benzene rings is 2. The standard InChI is InChI=1S/C18H23BrN2/c1-13-6-4-5-7-16(13)12-21(3)18(11-20)15-8-9-17(19)14(2)10-15/h4-10,18H,11-12,20H2,1-3H3. The summed E-state index contributed by atoms with van der Waals surface area (Å²) >= 11 is 3.56. The first kappa shape index (κ1) is 16.2. The molecule has 0 bridgehead atoms. The van der Waals surface area contributed by atoms with Crippen molar-refractivity contribution >= 4 is 15.9 Å². The minimum absolute atomic E-state index is 0.233. The quantitative estimate of drug-likeness (QED) is 0.878. The van der Waals surface area contributed by atoms with E-state index < -0.39 is 0 Å². The van der Waals surface area contributed by atoms with Crippen molar-refractivity contribution in [3.8, 4) is 0 Å². The summed E-state index contributed by atoms with van der Waals surface area (Å²) in [5.41, 5.74) is 11.2. The molecule has 21 heavy (non-hydrogen) atoms. The molecule has 0 heterocycles. The van der Waals surface area contributed by atoms with Crippen LogP contribution < -0.4 is 5.73 Å². The van der Waals surface area contributed by atoms with E-state index in [0.29, 0.717) is 6.54 Å². The van der Waals surface area contributed by atoms with Gasteiger partial charge in [-0.05, 0) is 49.2 Å². The maximum Gasteiger partial charge on any atom is 0.0471 e. The van der Waals surface area contributed by atoms with Crippen LogP contribution in [0.2, 0.25) is 0 Å². The van der Waals surface area contributed by atoms with Crippen LogP contribution in [0.5, 0.6) is 0 Å². The van der Waals surface area contributed by atoms with Crippen molar-refractivity contribution in [1.82, 2.24) is 4.90 Å². The van der Waals surface area contributed by atoms with Crippen LogP contribution in [-0.2, 0) is 6.54 Å². The number of nitrogens with zero attached hydrogens (tertiary/aromatic N) is 1. The van der Waals surface area contributed by atoms with Gasteiger partial charge in [0.25, 0.3) is 0 Å². The van der Waals surface area contributed by atoms with Gasteiger partial charge in [0.1, 0.15) is 0 Å². The van der Waals surface area contributed by atoms with Gasteiger partial charge in [0.15, 0.2) is 0 Å². The van der Waals surface area contributed by atoms with E-state index in [4.69, 9.17) is 5.73 Å².